The molecule has 0 unspecified atom stereocenters. The van der Waals surface area contributed by atoms with Crippen LogP contribution in [-0.4, -0.2) is 38.6 Å². The van der Waals surface area contributed by atoms with Crippen molar-refractivity contribution in [1.82, 2.24) is 19.6 Å². The van der Waals surface area contributed by atoms with Crippen LogP contribution in [0.15, 0.2) is 15.1 Å². The van der Waals surface area contributed by atoms with Gasteiger partial charge in [-0.15, -0.1) is 0 Å². The molecule has 21 heavy (non-hydrogen) atoms. The first-order valence-electron chi connectivity index (χ1n) is 7.10. The zero-order valence-corrected chi connectivity index (χ0v) is 13.7. The maximum absolute atomic E-state index is 12.6. The number of halogens is 1. The van der Waals surface area contributed by atoms with Gasteiger partial charge < -0.3 is 14.0 Å². The molecule has 0 saturated carbocycles. The minimum atomic E-state index is 0.0630. The maximum atomic E-state index is 12.6. The lowest BCUT2D eigenvalue weighted by atomic mass is 10.2. The van der Waals surface area contributed by atoms with Gasteiger partial charge in [0, 0.05) is 31.0 Å². The Hall–Kier alpha value is -1.63. The number of unbranched alkanes of at least 4 members (excludes halogenated alkanes) is 1. The second kappa shape index (κ2) is 5.63. The molecule has 0 radical (unpaired) electrons. The van der Waals surface area contributed by atoms with Gasteiger partial charge in [0.1, 0.15) is 5.69 Å². The first-order chi connectivity index (χ1) is 10.1. The van der Waals surface area contributed by atoms with Crippen molar-refractivity contribution in [3.05, 3.63) is 22.1 Å². The fourth-order valence-corrected chi connectivity index (χ4v) is 3.19. The van der Waals surface area contributed by atoms with Crippen molar-refractivity contribution in [3.63, 3.8) is 0 Å². The summed E-state index contributed by atoms with van der Waals surface area (Å²) in [6.07, 6.45) is 2.11. The molecule has 6 nitrogen and oxygen atoms in total. The summed E-state index contributed by atoms with van der Waals surface area (Å²) >= 11 is 3.49. The zero-order chi connectivity index (χ0) is 15.0. The lowest BCUT2D eigenvalue weighted by Gasteiger charge is -2.29. The SMILES string of the molecule is CCCCN1CCn2c(-c3noc(C)n3)cc(Br)c2C1=O. The highest BCUT2D eigenvalue weighted by atomic mass is 79.9. The summed E-state index contributed by atoms with van der Waals surface area (Å²) in [4.78, 5) is 18.8. The molecule has 2 aromatic heterocycles. The first kappa shape index (κ1) is 14.3. The zero-order valence-electron chi connectivity index (χ0n) is 12.1. The summed E-state index contributed by atoms with van der Waals surface area (Å²) in [6.45, 7) is 6.16. The largest absolute Gasteiger partial charge is 0.339 e. The first-order valence-corrected chi connectivity index (χ1v) is 7.90. The van der Waals surface area contributed by atoms with Crippen LogP contribution < -0.4 is 0 Å². The molecule has 112 valence electrons. The van der Waals surface area contributed by atoms with Gasteiger partial charge in [-0.1, -0.05) is 18.5 Å². The van der Waals surface area contributed by atoms with Crippen LogP contribution in [0.25, 0.3) is 11.5 Å². The fourth-order valence-electron chi connectivity index (χ4n) is 2.59. The van der Waals surface area contributed by atoms with E-state index in [0.29, 0.717) is 17.4 Å². The summed E-state index contributed by atoms with van der Waals surface area (Å²) in [6, 6.07) is 1.89. The molecule has 0 fully saturated rings. The maximum Gasteiger partial charge on any atom is 0.271 e. The van der Waals surface area contributed by atoms with Gasteiger partial charge in [-0.05, 0) is 28.4 Å². The Morgan fingerprint density at radius 3 is 2.90 bits per heavy atom. The fraction of sp³-hybridized carbons (Fsp3) is 0.500. The minimum Gasteiger partial charge on any atom is -0.339 e. The van der Waals surface area contributed by atoms with Crippen LogP contribution in [-0.2, 0) is 6.54 Å². The lowest BCUT2D eigenvalue weighted by molar-refractivity contribution is 0.0702. The van der Waals surface area contributed by atoms with Crippen LogP contribution in [0, 0.1) is 6.92 Å². The van der Waals surface area contributed by atoms with Gasteiger partial charge in [-0.2, -0.15) is 4.98 Å². The number of aromatic nitrogens is 3. The number of aryl methyl sites for hydroxylation is 1. The third-order valence-electron chi connectivity index (χ3n) is 3.67. The molecule has 3 heterocycles. The Morgan fingerprint density at radius 1 is 1.43 bits per heavy atom. The molecule has 1 aliphatic heterocycles. The van der Waals surface area contributed by atoms with E-state index in [2.05, 4.69) is 33.0 Å². The normalized spacial score (nSPS) is 14.6. The molecule has 0 bridgehead atoms. The summed E-state index contributed by atoms with van der Waals surface area (Å²) in [7, 11) is 0. The van der Waals surface area contributed by atoms with Crippen LogP contribution in [0.3, 0.4) is 0 Å². The molecule has 0 saturated heterocycles. The summed E-state index contributed by atoms with van der Waals surface area (Å²) in [5.74, 6) is 1.10. The topological polar surface area (TPSA) is 64.2 Å². The summed E-state index contributed by atoms with van der Waals surface area (Å²) < 4.78 is 7.79. The van der Waals surface area contributed by atoms with E-state index in [9.17, 15) is 4.79 Å². The smallest absolute Gasteiger partial charge is 0.271 e. The molecule has 0 N–H and O–H groups in total. The van der Waals surface area contributed by atoms with Crippen molar-refractivity contribution in [2.45, 2.75) is 33.2 Å². The molecule has 0 atom stereocenters. The molecular formula is C14H17BrN4O2. The molecule has 2 aromatic rings. The molecule has 1 aliphatic rings. The molecule has 7 heteroatoms. The van der Waals surface area contributed by atoms with Crippen LogP contribution in [0.5, 0.6) is 0 Å². The van der Waals surface area contributed by atoms with Crippen molar-refractivity contribution in [3.8, 4) is 11.5 Å². The van der Waals surface area contributed by atoms with E-state index in [1.165, 1.54) is 0 Å². The van der Waals surface area contributed by atoms with Gasteiger partial charge in [0.25, 0.3) is 5.91 Å². The monoisotopic (exact) mass is 352 g/mol. The molecule has 0 aliphatic carbocycles. The predicted molar refractivity (Wildman–Crippen MR) is 81.0 cm³/mol. The van der Waals surface area contributed by atoms with E-state index < -0.39 is 0 Å². The van der Waals surface area contributed by atoms with Crippen molar-refractivity contribution < 1.29 is 9.32 Å². The third-order valence-corrected chi connectivity index (χ3v) is 4.28. The Balaban J connectivity index is 1.97. The summed E-state index contributed by atoms with van der Waals surface area (Å²) in [5.41, 5.74) is 1.49. The number of amides is 1. The van der Waals surface area contributed by atoms with Gasteiger partial charge in [-0.3, -0.25) is 4.79 Å². The number of fused-ring (bicyclic) bond motifs is 1. The molecule has 0 spiro atoms. The number of carbonyl (C=O) groups excluding carboxylic acids is 1. The average molecular weight is 353 g/mol. The number of nitrogens with zero attached hydrogens (tertiary/aromatic N) is 4. The average Bonchev–Trinajstić information content (AvgIpc) is 3.02. The highest BCUT2D eigenvalue weighted by Crippen LogP contribution is 2.31. The molecule has 0 aromatic carbocycles. The Bertz CT molecular complexity index is 677. The predicted octanol–water partition coefficient (Wildman–Crippen LogP) is 2.86. The van der Waals surface area contributed by atoms with Crippen LogP contribution >= 0.6 is 15.9 Å². The lowest BCUT2D eigenvalue weighted by Crippen LogP contribution is -2.40. The standard InChI is InChI=1S/C14H17BrN4O2/c1-3-4-5-18-6-7-19-11(13-16-9(2)21-17-13)8-10(15)12(19)14(18)20/h8H,3-7H2,1-2H3. The second-order valence-electron chi connectivity index (χ2n) is 5.16. The number of rotatable bonds is 4. The van der Waals surface area contributed by atoms with E-state index in [4.69, 9.17) is 4.52 Å². The van der Waals surface area contributed by atoms with Crippen molar-refractivity contribution in [2.24, 2.45) is 0 Å². The summed E-state index contributed by atoms with van der Waals surface area (Å²) in [5, 5.41) is 3.95. The van der Waals surface area contributed by atoms with E-state index in [1.807, 2.05) is 15.5 Å². The van der Waals surface area contributed by atoms with E-state index in [1.54, 1.807) is 6.92 Å². The quantitative estimate of drug-likeness (QED) is 0.848. The van der Waals surface area contributed by atoms with E-state index in [0.717, 1.165) is 42.6 Å². The highest BCUT2D eigenvalue weighted by molar-refractivity contribution is 9.10. The van der Waals surface area contributed by atoms with Gasteiger partial charge in [0.2, 0.25) is 11.7 Å². The van der Waals surface area contributed by atoms with Crippen molar-refractivity contribution >= 4 is 21.8 Å². The van der Waals surface area contributed by atoms with Gasteiger partial charge in [-0.25, -0.2) is 0 Å². The minimum absolute atomic E-state index is 0.0630. The van der Waals surface area contributed by atoms with Crippen molar-refractivity contribution in [1.29, 1.82) is 0 Å². The van der Waals surface area contributed by atoms with E-state index in [-0.39, 0.29) is 5.91 Å². The van der Waals surface area contributed by atoms with Crippen LogP contribution in [0.4, 0.5) is 0 Å². The van der Waals surface area contributed by atoms with E-state index >= 15 is 0 Å². The van der Waals surface area contributed by atoms with Crippen LogP contribution in [0.2, 0.25) is 0 Å². The van der Waals surface area contributed by atoms with Gasteiger partial charge in [0.05, 0.1) is 5.69 Å². The Kier molecular flexibility index (Phi) is 3.84. The number of carbonyl (C=O) groups is 1. The van der Waals surface area contributed by atoms with Crippen LogP contribution in [0.1, 0.15) is 36.1 Å². The Labute approximate surface area is 131 Å². The molecular weight excluding hydrogens is 336 g/mol. The molecule has 3 rings (SSSR count). The number of hydrogen-bond acceptors (Lipinski definition) is 4. The Morgan fingerprint density at radius 2 is 2.24 bits per heavy atom. The second-order valence-corrected chi connectivity index (χ2v) is 6.01. The molecule has 1 amide bonds. The van der Waals surface area contributed by atoms with Crippen molar-refractivity contribution in [2.75, 3.05) is 13.1 Å². The highest BCUT2D eigenvalue weighted by Gasteiger charge is 2.30. The number of hydrogen-bond donors (Lipinski definition) is 0. The van der Waals surface area contributed by atoms with Gasteiger partial charge in [0.15, 0.2) is 0 Å². The third kappa shape index (κ3) is 2.50. The van der Waals surface area contributed by atoms with Gasteiger partial charge >= 0.3 is 0 Å².